The molecular weight excluding hydrogens is 180 g/mol. The summed E-state index contributed by atoms with van der Waals surface area (Å²) in [7, 11) is 1.43. The zero-order chi connectivity index (χ0) is 10.4. The van der Waals surface area contributed by atoms with Gasteiger partial charge in [0.15, 0.2) is 5.60 Å². The van der Waals surface area contributed by atoms with Crippen LogP contribution in [0.2, 0.25) is 0 Å². The molecule has 2 fully saturated rings. The van der Waals surface area contributed by atoms with Crippen molar-refractivity contribution in [2.24, 2.45) is 5.92 Å². The van der Waals surface area contributed by atoms with E-state index in [1.54, 1.807) is 0 Å². The van der Waals surface area contributed by atoms with Gasteiger partial charge in [-0.15, -0.1) is 0 Å². The summed E-state index contributed by atoms with van der Waals surface area (Å²) in [6.45, 7) is 4.05. The highest BCUT2D eigenvalue weighted by atomic mass is 16.7. The first-order valence-electron chi connectivity index (χ1n) is 5.36. The van der Waals surface area contributed by atoms with Crippen molar-refractivity contribution in [1.29, 1.82) is 0 Å². The maximum absolute atomic E-state index is 11.5. The molecule has 3 heteroatoms. The van der Waals surface area contributed by atoms with Gasteiger partial charge in [0, 0.05) is 0 Å². The summed E-state index contributed by atoms with van der Waals surface area (Å²) in [6.07, 6.45) is 4.40. The molecule has 0 radical (unpaired) electrons. The van der Waals surface area contributed by atoms with E-state index in [4.69, 9.17) is 9.47 Å². The highest BCUT2D eigenvalue weighted by Crippen LogP contribution is 2.60. The monoisotopic (exact) mass is 198 g/mol. The Labute approximate surface area is 84.8 Å². The van der Waals surface area contributed by atoms with Crippen LogP contribution in [0, 0.1) is 5.92 Å². The minimum atomic E-state index is -0.647. The third kappa shape index (κ3) is 1.11. The average Bonchev–Trinajstić information content (AvgIpc) is 2.60. The smallest absolute Gasteiger partial charge is 0.340 e. The van der Waals surface area contributed by atoms with E-state index >= 15 is 0 Å². The molecule has 1 heterocycles. The second kappa shape index (κ2) is 2.96. The Bertz CT molecular complexity index is 263. The van der Waals surface area contributed by atoms with Crippen molar-refractivity contribution in [3.8, 4) is 0 Å². The number of ether oxygens (including phenoxy) is 2. The molecule has 0 N–H and O–H groups in total. The van der Waals surface area contributed by atoms with Crippen LogP contribution in [-0.2, 0) is 14.3 Å². The molecule has 14 heavy (non-hydrogen) atoms. The van der Waals surface area contributed by atoms with Crippen LogP contribution >= 0.6 is 0 Å². The van der Waals surface area contributed by atoms with Crippen molar-refractivity contribution in [3.63, 3.8) is 0 Å². The minimum absolute atomic E-state index is 0.180. The molecule has 1 aliphatic carbocycles. The predicted octanol–water partition coefficient (Wildman–Crippen LogP) is 1.90. The highest BCUT2D eigenvalue weighted by molar-refractivity contribution is 5.84. The second-order valence-corrected chi connectivity index (χ2v) is 4.64. The van der Waals surface area contributed by atoms with Crippen molar-refractivity contribution in [2.45, 2.75) is 50.7 Å². The topological polar surface area (TPSA) is 38.8 Å². The van der Waals surface area contributed by atoms with Gasteiger partial charge in [-0.1, -0.05) is 13.3 Å². The van der Waals surface area contributed by atoms with E-state index < -0.39 is 5.60 Å². The zero-order valence-corrected chi connectivity index (χ0v) is 9.13. The number of carbonyl (C=O) groups excluding carboxylic acids is 1. The Hall–Kier alpha value is -0.570. The SMILES string of the molecule is CCC1CCC2(C1)OC2(C)C(=O)OC. The van der Waals surface area contributed by atoms with Gasteiger partial charge in [-0.3, -0.25) is 0 Å². The van der Waals surface area contributed by atoms with Crippen LogP contribution in [-0.4, -0.2) is 24.3 Å². The quantitative estimate of drug-likeness (QED) is 0.502. The van der Waals surface area contributed by atoms with Crippen molar-refractivity contribution >= 4 is 5.97 Å². The van der Waals surface area contributed by atoms with Gasteiger partial charge in [-0.05, 0) is 32.1 Å². The van der Waals surface area contributed by atoms with Gasteiger partial charge in [-0.25, -0.2) is 4.79 Å². The molecule has 3 unspecified atom stereocenters. The lowest BCUT2D eigenvalue weighted by Crippen LogP contribution is -2.30. The number of esters is 1. The molecule has 0 bridgehead atoms. The lowest BCUT2D eigenvalue weighted by atomic mass is 9.91. The molecule has 0 amide bonds. The first kappa shape index (κ1) is 9.97. The molecule has 0 aromatic heterocycles. The maximum atomic E-state index is 11.5. The van der Waals surface area contributed by atoms with Crippen LogP contribution in [0.3, 0.4) is 0 Å². The van der Waals surface area contributed by atoms with Crippen LogP contribution in [0.15, 0.2) is 0 Å². The summed E-state index contributed by atoms with van der Waals surface area (Å²) in [5.74, 6) is 0.510. The number of epoxide rings is 1. The van der Waals surface area contributed by atoms with E-state index in [-0.39, 0.29) is 11.6 Å². The van der Waals surface area contributed by atoms with Gasteiger partial charge in [0.1, 0.15) is 5.60 Å². The zero-order valence-electron chi connectivity index (χ0n) is 9.13. The lowest BCUT2D eigenvalue weighted by Gasteiger charge is -2.09. The molecule has 1 saturated carbocycles. The first-order valence-corrected chi connectivity index (χ1v) is 5.36. The van der Waals surface area contributed by atoms with Gasteiger partial charge < -0.3 is 9.47 Å². The van der Waals surface area contributed by atoms with E-state index in [0.717, 1.165) is 18.8 Å². The summed E-state index contributed by atoms with van der Waals surface area (Å²) < 4.78 is 10.4. The molecule has 3 nitrogen and oxygen atoms in total. The van der Waals surface area contributed by atoms with Gasteiger partial charge in [0.25, 0.3) is 0 Å². The molecule has 1 saturated heterocycles. The number of hydrogen-bond acceptors (Lipinski definition) is 3. The molecule has 0 aromatic carbocycles. The third-order valence-electron chi connectivity index (χ3n) is 3.95. The van der Waals surface area contributed by atoms with Crippen LogP contribution in [0.4, 0.5) is 0 Å². The van der Waals surface area contributed by atoms with Gasteiger partial charge in [0.2, 0.25) is 0 Å². The molecule has 2 aliphatic rings. The van der Waals surface area contributed by atoms with E-state index in [1.165, 1.54) is 20.0 Å². The molecule has 0 aromatic rings. The van der Waals surface area contributed by atoms with E-state index in [0.29, 0.717) is 0 Å². The first-order chi connectivity index (χ1) is 6.58. The highest BCUT2D eigenvalue weighted by Gasteiger charge is 2.73. The van der Waals surface area contributed by atoms with Crippen LogP contribution in [0.25, 0.3) is 0 Å². The largest absolute Gasteiger partial charge is 0.467 e. The van der Waals surface area contributed by atoms with E-state index in [9.17, 15) is 4.79 Å². The summed E-state index contributed by atoms with van der Waals surface area (Å²) >= 11 is 0. The van der Waals surface area contributed by atoms with Crippen molar-refractivity contribution < 1.29 is 14.3 Å². The number of methoxy groups -OCH3 is 1. The minimum Gasteiger partial charge on any atom is -0.467 e. The number of rotatable bonds is 2. The molecule has 1 aliphatic heterocycles. The molecule has 80 valence electrons. The Balaban J connectivity index is 2.06. The van der Waals surface area contributed by atoms with E-state index in [1.807, 2.05) is 6.92 Å². The maximum Gasteiger partial charge on any atom is 0.340 e. The summed E-state index contributed by atoms with van der Waals surface area (Å²) in [4.78, 5) is 11.5. The van der Waals surface area contributed by atoms with Crippen LogP contribution < -0.4 is 0 Å². The fourth-order valence-electron chi connectivity index (χ4n) is 2.77. The Kier molecular flexibility index (Phi) is 2.11. The Morgan fingerprint density at radius 3 is 2.86 bits per heavy atom. The summed E-state index contributed by atoms with van der Waals surface area (Å²) in [5, 5.41) is 0. The fourth-order valence-corrected chi connectivity index (χ4v) is 2.77. The summed E-state index contributed by atoms with van der Waals surface area (Å²) in [5.41, 5.74) is -0.827. The average molecular weight is 198 g/mol. The van der Waals surface area contributed by atoms with Crippen LogP contribution in [0.1, 0.15) is 39.5 Å². The lowest BCUT2D eigenvalue weighted by molar-refractivity contribution is -0.146. The standard InChI is InChI=1S/C11H18O3/c1-4-8-5-6-11(7-8)10(2,14-11)9(12)13-3/h8H,4-7H2,1-3H3. The summed E-state index contributed by atoms with van der Waals surface area (Å²) in [6, 6.07) is 0. The van der Waals surface area contributed by atoms with Gasteiger partial charge in [-0.2, -0.15) is 0 Å². The van der Waals surface area contributed by atoms with E-state index in [2.05, 4.69) is 6.92 Å². The van der Waals surface area contributed by atoms with Crippen molar-refractivity contribution in [2.75, 3.05) is 7.11 Å². The van der Waals surface area contributed by atoms with Crippen LogP contribution in [0.5, 0.6) is 0 Å². The number of carbonyl (C=O) groups is 1. The number of hydrogen-bond donors (Lipinski definition) is 0. The second-order valence-electron chi connectivity index (χ2n) is 4.64. The molecule has 1 spiro atoms. The predicted molar refractivity (Wildman–Crippen MR) is 51.9 cm³/mol. The normalized spacial score (nSPS) is 45.5. The fraction of sp³-hybridized carbons (Fsp3) is 0.909. The Morgan fingerprint density at radius 2 is 2.36 bits per heavy atom. The molecule has 3 atom stereocenters. The Morgan fingerprint density at radius 1 is 1.64 bits per heavy atom. The van der Waals surface area contributed by atoms with Gasteiger partial charge >= 0.3 is 5.97 Å². The van der Waals surface area contributed by atoms with Crippen molar-refractivity contribution in [3.05, 3.63) is 0 Å². The molecular formula is C11H18O3. The molecule has 2 rings (SSSR count). The van der Waals surface area contributed by atoms with Crippen molar-refractivity contribution in [1.82, 2.24) is 0 Å². The van der Waals surface area contributed by atoms with Gasteiger partial charge in [0.05, 0.1) is 7.11 Å². The third-order valence-corrected chi connectivity index (χ3v) is 3.95.